The van der Waals surface area contributed by atoms with Gasteiger partial charge in [-0.25, -0.2) is 0 Å². The summed E-state index contributed by atoms with van der Waals surface area (Å²) in [6.45, 7) is 0.344. The zero-order chi connectivity index (χ0) is 20.1. The van der Waals surface area contributed by atoms with Gasteiger partial charge in [-0.2, -0.15) is 0 Å². The van der Waals surface area contributed by atoms with Gasteiger partial charge in [0.25, 0.3) is 0 Å². The van der Waals surface area contributed by atoms with E-state index in [1.807, 2.05) is 41.0 Å². The molecule has 0 atom stereocenters. The molecule has 2 N–H and O–H groups in total. The number of thioether (sulfide) groups is 1. The molecule has 0 spiro atoms. The third-order valence-corrected chi connectivity index (χ3v) is 5.07. The van der Waals surface area contributed by atoms with Crippen LogP contribution in [0.4, 0.5) is 0 Å². The van der Waals surface area contributed by atoms with Crippen LogP contribution in [0.2, 0.25) is 0 Å². The van der Waals surface area contributed by atoms with Crippen molar-refractivity contribution in [1.82, 2.24) is 20.1 Å². The molecule has 29 heavy (non-hydrogen) atoms. The number of amides is 1. The van der Waals surface area contributed by atoms with Crippen molar-refractivity contribution in [3.63, 3.8) is 0 Å². The normalized spacial score (nSPS) is 10.8. The Labute approximate surface area is 171 Å². The second-order valence-electron chi connectivity index (χ2n) is 6.17. The van der Waals surface area contributed by atoms with E-state index in [2.05, 4.69) is 15.5 Å². The highest BCUT2D eigenvalue weighted by Gasteiger charge is 2.17. The Balaban J connectivity index is 1.55. The zero-order valence-corrected chi connectivity index (χ0v) is 16.2. The number of rotatable bonds is 7. The van der Waals surface area contributed by atoms with Gasteiger partial charge in [0.2, 0.25) is 5.91 Å². The van der Waals surface area contributed by atoms with Crippen LogP contribution < -0.4 is 5.32 Å². The number of furan rings is 1. The van der Waals surface area contributed by atoms with Crippen LogP contribution in [0.25, 0.3) is 17.1 Å². The zero-order valence-electron chi connectivity index (χ0n) is 15.4. The van der Waals surface area contributed by atoms with Gasteiger partial charge in [-0.15, -0.1) is 10.2 Å². The molecule has 1 amide bonds. The minimum atomic E-state index is -0.125. The summed E-state index contributed by atoms with van der Waals surface area (Å²) in [4.78, 5) is 12.2. The summed E-state index contributed by atoms with van der Waals surface area (Å²) >= 11 is 1.30. The van der Waals surface area contributed by atoms with E-state index in [-0.39, 0.29) is 17.4 Å². The lowest BCUT2D eigenvalue weighted by atomic mass is 10.2. The van der Waals surface area contributed by atoms with Crippen molar-refractivity contribution in [2.45, 2.75) is 11.7 Å². The summed E-state index contributed by atoms with van der Waals surface area (Å²) in [6.07, 6.45) is 1.57. The van der Waals surface area contributed by atoms with E-state index < -0.39 is 0 Å². The standard InChI is InChI=1S/C21H18N4O3S/c26-17-10-8-15(9-11-17)20-23-24-21(25(20)16-5-2-1-3-6-16)29-14-19(27)22-13-18-7-4-12-28-18/h1-12,26H,13-14H2,(H,22,27). The van der Waals surface area contributed by atoms with Gasteiger partial charge in [0.05, 0.1) is 18.6 Å². The Morgan fingerprint density at radius 3 is 2.55 bits per heavy atom. The summed E-state index contributed by atoms with van der Waals surface area (Å²) in [7, 11) is 0. The number of phenolic OH excluding ortho intramolecular Hbond substituents is 1. The third-order valence-electron chi connectivity index (χ3n) is 4.15. The van der Waals surface area contributed by atoms with Crippen LogP contribution in [0.5, 0.6) is 5.75 Å². The molecule has 4 aromatic rings. The smallest absolute Gasteiger partial charge is 0.230 e. The van der Waals surface area contributed by atoms with E-state index >= 15 is 0 Å². The maximum atomic E-state index is 12.2. The van der Waals surface area contributed by atoms with Gasteiger partial charge in [-0.1, -0.05) is 30.0 Å². The molecule has 4 rings (SSSR count). The van der Waals surface area contributed by atoms with Crippen LogP contribution >= 0.6 is 11.8 Å². The van der Waals surface area contributed by atoms with Gasteiger partial charge in [0.15, 0.2) is 11.0 Å². The number of para-hydroxylation sites is 1. The average Bonchev–Trinajstić information content (AvgIpc) is 3.42. The molecule has 0 aliphatic heterocycles. The van der Waals surface area contributed by atoms with E-state index in [0.717, 1.165) is 11.3 Å². The molecular weight excluding hydrogens is 388 g/mol. The molecule has 2 aromatic heterocycles. The number of aromatic hydroxyl groups is 1. The number of hydrogen-bond donors (Lipinski definition) is 2. The van der Waals surface area contributed by atoms with E-state index in [9.17, 15) is 9.90 Å². The summed E-state index contributed by atoms with van der Waals surface area (Å²) in [6, 6.07) is 20.1. The Morgan fingerprint density at radius 2 is 1.83 bits per heavy atom. The minimum absolute atomic E-state index is 0.125. The number of carbonyl (C=O) groups excluding carboxylic acids is 1. The molecule has 2 heterocycles. The molecule has 0 unspecified atom stereocenters. The summed E-state index contributed by atoms with van der Waals surface area (Å²) < 4.78 is 7.12. The van der Waals surface area contributed by atoms with Crippen molar-refractivity contribution in [3.05, 3.63) is 78.8 Å². The molecule has 0 saturated carbocycles. The fraction of sp³-hybridized carbons (Fsp3) is 0.0952. The molecule has 0 bridgehead atoms. The monoisotopic (exact) mass is 406 g/mol. The predicted molar refractivity (Wildman–Crippen MR) is 110 cm³/mol. The van der Waals surface area contributed by atoms with Crippen molar-refractivity contribution in [1.29, 1.82) is 0 Å². The summed E-state index contributed by atoms with van der Waals surface area (Å²) in [5.74, 6) is 1.59. The fourth-order valence-corrected chi connectivity index (χ4v) is 3.53. The van der Waals surface area contributed by atoms with Crippen LogP contribution in [-0.4, -0.2) is 31.5 Å². The van der Waals surface area contributed by atoms with Crippen molar-refractivity contribution in [2.24, 2.45) is 0 Å². The largest absolute Gasteiger partial charge is 0.508 e. The van der Waals surface area contributed by atoms with Crippen molar-refractivity contribution in [3.8, 4) is 22.8 Å². The van der Waals surface area contributed by atoms with Crippen molar-refractivity contribution < 1.29 is 14.3 Å². The SMILES string of the molecule is O=C(CSc1nnc(-c2ccc(O)cc2)n1-c1ccccc1)NCc1ccco1. The van der Waals surface area contributed by atoms with Crippen LogP contribution in [0, 0.1) is 0 Å². The highest BCUT2D eigenvalue weighted by atomic mass is 32.2. The molecule has 0 fully saturated rings. The molecular formula is C21H18N4O3S. The Hall–Kier alpha value is -3.52. The second kappa shape index (κ2) is 8.66. The number of phenols is 1. The lowest BCUT2D eigenvalue weighted by molar-refractivity contribution is -0.118. The minimum Gasteiger partial charge on any atom is -0.508 e. The first kappa shape index (κ1) is 18.8. The maximum absolute atomic E-state index is 12.2. The van der Waals surface area contributed by atoms with E-state index in [1.54, 1.807) is 36.6 Å². The topological polar surface area (TPSA) is 93.2 Å². The quantitative estimate of drug-likeness (QED) is 0.455. The van der Waals surface area contributed by atoms with Crippen molar-refractivity contribution in [2.75, 3.05) is 5.75 Å². The first-order valence-corrected chi connectivity index (χ1v) is 9.91. The highest BCUT2D eigenvalue weighted by Crippen LogP contribution is 2.28. The second-order valence-corrected chi connectivity index (χ2v) is 7.11. The van der Waals surface area contributed by atoms with Crippen molar-refractivity contribution >= 4 is 17.7 Å². The third kappa shape index (κ3) is 4.49. The number of hydrogen-bond acceptors (Lipinski definition) is 6. The predicted octanol–water partition coefficient (Wildman–Crippen LogP) is 3.64. The summed E-state index contributed by atoms with van der Waals surface area (Å²) in [5.41, 5.74) is 1.70. The number of benzene rings is 2. The van der Waals surface area contributed by atoms with Crippen LogP contribution in [0.15, 0.2) is 82.6 Å². The lowest BCUT2D eigenvalue weighted by Gasteiger charge is -2.10. The fourth-order valence-electron chi connectivity index (χ4n) is 2.75. The number of carbonyl (C=O) groups is 1. The number of nitrogens with zero attached hydrogens (tertiary/aromatic N) is 3. The first-order chi connectivity index (χ1) is 14.2. The van der Waals surface area contributed by atoms with Gasteiger partial charge >= 0.3 is 0 Å². The molecule has 2 aromatic carbocycles. The van der Waals surface area contributed by atoms with E-state index in [0.29, 0.717) is 23.3 Å². The molecule has 146 valence electrons. The first-order valence-electron chi connectivity index (χ1n) is 8.93. The summed E-state index contributed by atoms with van der Waals surface area (Å²) in [5, 5.41) is 21.6. The van der Waals surface area contributed by atoms with E-state index in [1.165, 1.54) is 11.8 Å². The van der Waals surface area contributed by atoms with Gasteiger partial charge in [-0.3, -0.25) is 9.36 Å². The molecule has 0 radical (unpaired) electrons. The van der Waals surface area contributed by atoms with E-state index in [4.69, 9.17) is 4.42 Å². The highest BCUT2D eigenvalue weighted by molar-refractivity contribution is 7.99. The Morgan fingerprint density at radius 1 is 1.03 bits per heavy atom. The molecule has 8 heteroatoms. The Kier molecular flexibility index (Phi) is 5.62. The van der Waals surface area contributed by atoms with Crippen LogP contribution in [0.3, 0.4) is 0 Å². The van der Waals surface area contributed by atoms with Gasteiger partial charge < -0.3 is 14.8 Å². The average molecular weight is 406 g/mol. The number of aromatic nitrogens is 3. The van der Waals surface area contributed by atoms with Crippen LogP contribution in [0.1, 0.15) is 5.76 Å². The molecule has 0 aliphatic carbocycles. The Bertz CT molecular complexity index is 1080. The number of nitrogens with one attached hydrogen (secondary N) is 1. The molecule has 7 nitrogen and oxygen atoms in total. The van der Waals surface area contributed by atoms with Gasteiger partial charge in [0, 0.05) is 11.3 Å². The van der Waals surface area contributed by atoms with Crippen LogP contribution in [-0.2, 0) is 11.3 Å². The molecule has 0 aliphatic rings. The maximum Gasteiger partial charge on any atom is 0.230 e. The van der Waals surface area contributed by atoms with Gasteiger partial charge in [0.1, 0.15) is 11.5 Å². The lowest BCUT2D eigenvalue weighted by Crippen LogP contribution is -2.24. The molecule has 0 saturated heterocycles. The van der Waals surface area contributed by atoms with Gasteiger partial charge in [-0.05, 0) is 48.5 Å².